The molecule has 14 heteroatoms. The number of pyridine rings is 2. The van der Waals surface area contributed by atoms with Crippen LogP contribution >= 0.6 is 34.8 Å². The molecule has 0 aliphatic carbocycles. The van der Waals surface area contributed by atoms with Gasteiger partial charge in [0.25, 0.3) is 5.56 Å². The Balaban J connectivity index is 1.96. The number of nitrogen functional groups attached to an aromatic ring is 1. The molecule has 1 atom stereocenters. The number of amides is 1. The van der Waals surface area contributed by atoms with Gasteiger partial charge in [0.05, 0.1) is 54.8 Å². The Morgan fingerprint density at radius 2 is 1.72 bits per heavy atom. The van der Waals surface area contributed by atoms with E-state index in [1.165, 1.54) is 29.1 Å². The lowest BCUT2D eigenvalue weighted by Gasteiger charge is -2.41. The van der Waals surface area contributed by atoms with Crippen LogP contribution in [-0.4, -0.2) is 56.0 Å². The number of piperazine rings is 1. The number of halogens is 4. The first kappa shape index (κ1) is 34.1. The maximum Gasteiger partial charge on any atom is 0.276 e. The zero-order chi connectivity index (χ0) is 34.5. The molecule has 10 nitrogen and oxygen atoms in total. The predicted octanol–water partition coefficient (Wildman–Crippen LogP) is 6.87. The minimum atomic E-state index is -0.893. The molecule has 2 N–H and O–H groups in total. The molecule has 4 heterocycles. The molecule has 1 amide bonds. The van der Waals surface area contributed by atoms with Gasteiger partial charge in [-0.05, 0) is 37.0 Å². The van der Waals surface area contributed by atoms with Gasteiger partial charge in [-0.2, -0.15) is 5.26 Å². The standard InChI is InChI=1S/C33H32Cl3FN8O2/c1-7-23(46)44-9-8-43(13-17(44)6)30-18-10-22(36)29(24-25(37)20(34)11-21(35)26(24)39)42-32(18)45(33(47)19(30)12-38)31-27(15(2)3)40-14-41-28(31)16(4)5/h7,10-11,14-17H,1,8-9,13,39H2,2-6H3. The predicted molar refractivity (Wildman–Crippen MR) is 184 cm³/mol. The normalized spacial score (nSPS) is 15.1. The minimum absolute atomic E-state index is 0.0103. The van der Waals surface area contributed by atoms with Crippen LogP contribution in [0.5, 0.6) is 0 Å². The highest BCUT2D eigenvalue weighted by molar-refractivity contribution is 6.38. The van der Waals surface area contributed by atoms with E-state index in [0.29, 0.717) is 42.1 Å². The number of carbonyl (C=O) groups excluding carboxylic acids is 1. The van der Waals surface area contributed by atoms with Crippen LogP contribution in [0.25, 0.3) is 28.0 Å². The molecule has 0 bridgehead atoms. The van der Waals surface area contributed by atoms with Crippen LogP contribution in [0.2, 0.25) is 15.1 Å². The van der Waals surface area contributed by atoms with Crippen molar-refractivity contribution >= 4 is 63.1 Å². The first-order valence-corrected chi connectivity index (χ1v) is 16.0. The highest BCUT2D eigenvalue weighted by Gasteiger charge is 2.33. The van der Waals surface area contributed by atoms with Gasteiger partial charge in [-0.3, -0.25) is 14.2 Å². The zero-order valence-corrected chi connectivity index (χ0v) is 28.7. The van der Waals surface area contributed by atoms with Crippen LogP contribution in [0.3, 0.4) is 0 Å². The van der Waals surface area contributed by atoms with E-state index in [-0.39, 0.29) is 72.7 Å². The summed E-state index contributed by atoms with van der Waals surface area (Å²) < 4.78 is 17.0. The number of anilines is 2. The molecule has 0 saturated carbocycles. The second-order valence-corrected chi connectivity index (χ2v) is 13.2. The van der Waals surface area contributed by atoms with E-state index in [2.05, 4.69) is 22.6 Å². The fourth-order valence-corrected chi connectivity index (χ4v) is 6.72. The maximum atomic E-state index is 15.7. The quantitative estimate of drug-likeness (QED) is 0.131. The molecule has 0 radical (unpaired) electrons. The third kappa shape index (κ3) is 5.79. The van der Waals surface area contributed by atoms with Crippen LogP contribution in [-0.2, 0) is 4.79 Å². The Morgan fingerprint density at radius 3 is 2.28 bits per heavy atom. The van der Waals surface area contributed by atoms with E-state index in [1.54, 1.807) is 4.90 Å². The number of carbonyl (C=O) groups is 1. The smallest absolute Gasteiger partial charge is 0.276 e. The Hall–Kier alpha value is -4.24. The second kappa shape index (κ2) is 13.1. The van der Waals surface area contributed by atoms with Crippen molar-refractivity contribution in [2.45, 2.75) is 52.5 Å². The lowest BCUT2D eigenvalue weighted by atomic mass is 10.00. The monoisotopic (exact) mass is 696 g/mol. The molecule has 1 aliphatic heterocycles. The van der Waals surface area contributed by atoms with Crippen molar-refractivity contribution < 1.29 is 9.18 Å². The van der Waals surface area contributed by atoms with Crippen molar-refractivity contribution in [3.63, 3.8) is 0 Å². The van der Waals surface area contributed by atoms with E-state index in [4.69, 9.17) is 45.5 Å². The van der Waals surface area contributed by atoms with Crippen molar-refractivity contribution in [2.24, 2.45) is 0 Å². The molecule has 3 aromatic heterocycles. The molecule has 1 saturated heterocycles. The highest BCUT2D eigenvalue weighted by Crippen LogP contribution is 2.43. The molecule has 47 heavy (non-hydrogen) atoms. The van der Waals surface area contributed by atoms with E-state index < -0.39 is 11.4 Å². The van der Waals surface area contributed by atoms with Gasteiger partial charge in [-0.25, -0.2) is 19.3 Å². The van der Waals surface area contributed by atoms with Crippen LogP contribution in [0.4, 0.5) is 15.8 Å². The van der Waals surface area contributed by atoms with Crippen molar-refractivity contribution in [2.75, 3.05) is 30.3 Å². The van der Waals surface area contributed by atoms with Crippen LogP contribution in [0.15, 0.2) is 35.9 Å². The second-order valence-electron chi connectivity index (χ2n) is 11.9. The fraction of sp³-hybridized carbons (Fsp3) is 0.333. The number of rotatable bonds is 6. The number of nitrogens with zero attached hydrogens (tertiary/aromatic N) is 7. The fourth-order valence-electron chi connectivity index (χ4n) is 6.01. The summed E-state index contributed by atoms with van der Waals surface area (Å²) in [5.41, 5.74) is 6.73. The molecular weight excluding hydrogens is 666 g/mol. The summed E-state index contributed by atoms with van der Waals surface area (Å²) in [4.78, 5) is 44.6. The number of aromatic nitrogens is 4. The molecule has 1 aromatic carbocycles. The first-order chi connectivity index (χ1) is 22.2. The summed E-state index contributed by atoms with van der Waals surface area (Å²) in [6.07, 6.45) is 2.69. The number of nitriles is 1. The number of hydrogen-bond acceptors (Lipinski definition) is 8. The average Bonchev–Trinajstić information content (AvgIpc) is 3.03. The average molecular weight is 698 g/mol. The Kier molecular flexibility index (Phi) is 9.51. The maximum absolute atomic E-state index is 15.7. The van der Waals surface area contributed by atoms with Gasteiger partial charge in [0.2, 0.25) is 5.91 Å². The van der Waals surface area contributed by atoms with Gasteiger partial charge in [-0.15, -0.1) is 0 Å². The van der Waals surface area contributed by atoms with Gasteiger partial charge in [0, 0.05) is 31.1 Å². The number of nitrogens with two attached hydrogens (primary N) is 1. The summed E-state index contributed by atoms with van der Waals surface area (Å²) in [5, 5.41) is 10.6. The molecular formula is C33H32Cl3FN8O2. The molecule has 5 rings (SSSR count). The highest BCUT2D eigenvalue weighted by atomic mass is 35.5. The SMILES string of the molecule is C=CC(=O)N1CCN(c2c(C#N)c(=O)n(-c3c(C(C)C)ncnc3C(C)C)c3nc(-c4c(N)c(Cl)cc(Cl)c4F)c(Cl)cc23)CC1C. The van der Waals surface area contributed by atoms with Gasteiger partial charge in [0.15, 0.2) is 5.82 Å². The van der Waals surface area contributed by atoms with Crippen molar-refractivity contribution in [1.82, 2.24) is 24.4 Å². The summed E-state index contributed by atoms with van der Waals surface area (Å²) in [6, 6.07) is 4.55. The largest absolute Gasteiger partial charge is 0.397 e. The van der Waals surface area contributed by atoms with Crippen LogP contribution in [0.1, 0.15) is 63.4 Å². The number of fused-ring (bicyclic) bond motifs is 1. The van der Waals surface area contributed by atoms with Crippen molar-refractivity contribution in [1.29, 1.82) is 5.26 Å². The lowest BCUT2D eigenvalue weighted by molar-refractivity contribution is -0.128. The van der Waals surface area contributed by atoms with Gasteiger partial charge >= 0.3 is 0 Å². The van der Waals surface area contributed by atoms with Crippen molar-refractivity contribution in [3.05, 3.63) is 79.3 Å². The summed E-state index contributed by atoms with van der Waals surface area (Å²) in [6.45, 7) is 14.1. The van der Waals surface area contributed by atoms with E-state index in [1.807, 2.05) is 39.5 Å². The number of benzene rings is 1. The minimum Gasteiger partial charge on any atom is -0.397 e. The van der Waals surface area contributed by atoms with E-state index in [9.17, 15) is 14.9 Å². The van der Waals surface area contributed by atoms with E-state index >= 15 is 4.39 Å². The molecule has 244 valence electrons. The zero-order valence-electron chi connectivity index (χ0n) is 26.4. The summed E-state index contributed by atoms with van der Waals surface area (Å²) >= 11 is 19.3. The molecule has 0 spiro atoms. The topological polar surface area (TPSA) is 134 Å². The molecule has 4 aromatic rings. The number of hydrogen-bond donors (Lipinski definition) is 1. The van der Waals surface area contributed by atoms with Crippen LogP contribution in [0, 0.1) is 17.1 Å². The molecule has 1 fully saturated rings. The third-order valence-electron chi connectivity index (χ3n) is 8.23. The summed E-state index contributed by atoms with van der Waals surface area (Å²) in [5.74, 6) is -1.45. The third-order valence-corrected chi connectivity index (χ3v) is 9.11. The van der Waals surface area contributed by atoms with Gasteiger partial charge in [0.1, 0.15) is 23.6 Å². The van der Waals surface area contributed by atoms with Gasteiger partial charge < -0.3 is 15.5 Å². The first-order valence-electron chi connectivity index (χ1n) is 14.9. The Bertz CT molecular complexity index is 2000. The molecule has 1 unspecified atom stereocenters. The van der Waals surface area contributed by atoms with Crippen LogP contribution < -0.4 is 16.2 Å². The van der Waals surface area contributed by atoms with E-state index in [0.717, 1.165) is 0 Å². The molecule has 1 aliphatic rings. The lowest BCUT2D eigenvalue weighted by Crippen LogP contribution is -2.54. The van der Waals surface area contributed by atoms with Gasteiger partial charge in [-0.1, -0.05) is 69.1 Å². The Labute approximate surface area is 286 Å². The summed E-state index contributed by atoms with van der Waals surface area (Å²) in [7, 11) is 0. The van der Waals surface area contributed by atoms with Crippen molar-refractivity contribution in [3.8, 4) is 23.0 Å². The Morgan fingerprint density at radius 1 is 1.09 bits per heavy atom.